The first-order valence-corrected chi connectivity index (χ1v) is 7.16. The number of likely N-dealkylation sites (tertiary alicyclic amines) is 1. The number of aromatic nitrogens is 2. The first-order chi connectivity index (χ1) is 9.08. The van der Waals surface area contributed by atoms with Gasteiger partial charge in [-0.15, -0.1) is 0 Å². The van der Waals surface area contributed by atoms with Crippen molar-refractivity contribution in [1.29, 1.82) is 0 Å². The van der Waals surface area contributed by atoms with Gasteiger partial charge in [0.2, 0.25) is 0 Å². The Kier molecular flexibility index (Phi) is 4.58. The number of nitrogens with one attached hydrogen (secondary N) is 2. The molecule has 1 aromatic rings. The Morgan fingerprint density at radius 2 is 2.37 bits per heavy atom. The molecule has 0 aromatic carbocycles. The highest BCUT2D eigenvalue weighted by molar-refractivity contribution is 5.33. The standard InChI is InChI=1S/C14H24N4O/c1-4-12-16-13(7-14(19)17-12)15-8-11-5-6-18(9-11)10(2)3/h7,10-11H,4-6,8-9H2,1-3H3,(H2,15,16,17,19). The number of aromatic amines is 1. The second-order valence-electron chi connectivity index (χ2n) is 5.56. The molecule has 5 nitrogen and oxygen atoms in total. The van der Waals surface area contributed by atoms with Gasteiger partial charge in [-0.2, -0.15) is 0 Å². The van der Waals surface area contributed by atoms with E-state index in [1.165, 1.54) is 19.0 Å². The quantitative estimate of drug-likeness (QED) is 0.845. The van der Waals surface area contributed by atoms with Crippen LogP contribution in [0.15, 0.2) is 10.9 Å². The van der Waals surface area contributed by atoms with Crippen LogP contribution < -0.4 is 10.9 Å². The van der Waals surface area contributed by atoms with E-state index in [-0.39, 0.29) is 5.56 Å². The van der Waals surface area contributed by atoms with Crippen molar-refractivity contribution in [2.75, 3.05) is 25.0 Å². The van der Waals surface area contributed by atoms with Crippen LogP contribution in [0.4, 0.5) is 5.82 Å². The SMILES string of the molecule is CCc1nc(NCC2CCN(C(C)C)C2)cc(=O)[nH]1. The fourth-order valence-electron chi connectivity index (χ4n) is 2.51. The second kappa shape index (κ2) is 6.19. The highest BCUT2D eigenvalue weighted by Gasteiger charge is 2.23. The number of rotatable bonds is 5. The van der Waals surface area contributed by atoms with Crippen LogP contribution >= 0.6 is 0 Å². The van der Waals surface area contributed by atoms with Crippen LogP contribution in [0.5, 0.6) is 0 Å². The van der Waals surface area contributed by atoms with Gasteiger partial charge in [-0.25, -0.2) is 4.98 Å². The zero-order valence-electron chi connectivity index (χ0n) is 12.1. The first kappa shape index (κ1) is 14.1. The maximum absolute atomic E-state index is 11.5. The molecule has 5 heteroatoms. The Balaban J connectivity index is 1.89. The molecule has 0 amide bonds. The highest BCUT2D eigenvalue weighted by Crippen LogP contribution is 2.18. The number of aryl methyl sites for hydroxylation is 1. The molecule has 0 bridgehead atoms. The van der Waals surface area contributed by atoms with Gasteiger partial charge in [0, 0.05) is 31.6 Å². The molecule has 1 saturated heterocycles. The largest absolute Gasteiger partial charge is 0.370 e. The minimum absolute atomic E-state index is 0.0791. The van der Waals surface area contributed by atoms with E-state index in [2.05, 4.69) is 34.0 Å². The summed E-state index contributed by atoms with van der Waals surface area (Å²) in [7, 11) is 0. The van der Waals surface area contributed by atoms with E-state index in [0.29, 0.717) is 17.8 Å². The van der Waals surface area contributed by atoms with Crippen LogP contribution in [0, 0.1) is 5.92 Å². The molecular formula is C14H24N4O. The van der Waals surface area contributed by atoms with E-state index in [1.807, 2.05) is 6.92 Å². The summed E-state index contributed by atoms with van der Waals surface area (Å²) in [5, 5.41) is 3.30. The van der Waals surface area contributed by atoms with Crippen molar-refractivity contribution in [3.05, 3.63) is 22.2 Å². The molecule has 2 N–H and O–H groups in total. The Labute approximate surface area is 114 Å². The van der Waals surface area contributed by atoms with Crippen LogP contribution in [0.25, 0.3) is 0 Å². The Morgan fingerprint density at radius 1 is 1.58 bits per heavy atom. The summed E-state index contributed by atoms with van der Waals surface area (Å²) in [5.41, 5.74) is -0.0791. The molecule has 0 spiro atoms. The smallest absolute Gasteiger partial charge is 0.252 e. The van der Waals surface area contributed by atoms with Crippen molar-refractivity contribution in [2.24, 2.45) is 5.92 Å². The average molecular weight is 264 g/mol. The lowest BCUT2D eigenvalue weighted by molar-refractivity contribution is 0.266. The van der Waals surface area contributed by atoms with Gasteiger partial charge in [0.25, 0.3) is 5.56 Å². The minimum Gasteiger partial charge on any atom is -0.370 e. The number of nitrogens with zero attached hydrogens (tertiary/aromatic N) is 2. The fraction of sp³-hybridized carbons (Fsp3) is 0.714. The molecule has 1 aliphatic rings. The van der Waals surface area contributed by atoms with Gasteiger partial charge in [0.05, 0.1) is 0 Å². The first-order valence-electron chi connectivity index (χ1n) is 7.16. The van der Waals surface area contributed by atoms with Crippen LogP contribution in [-0.2, 0) is 6.42 Å². The van der Waals surface area contributed by atoms with E-state index < -0.39 is 0 Å². The molecule has 1 unspecified atom stereocenters. The zero-order chi connectivity index (χ0) is 13.8. The Morgan fingerprint density at radius 3 is 3.00 bits per heavy atom. The summed E-state index contributed by atoms with van der Waals surface area (Å²) in [6, 6.07) is 2.16. The maximum Gasteiger partial charge on any atom is 0.252 e. The molecule has 1 aliphatic heterocycles. The van der Waals surface area contributed by atoms with E-state index in [4.69, 9.17) is 0 Å². The molecule has 0 radical (unpaired) electrons. The van der Waals surface area contributed by atoms with Gasteiger partial charge >= 0.3 is 0 Å². The van der Waals surface area contributed by atoms with Crippen molar-refractivity contribution in [3.8, 4) is 0 Å². The molecule has 1 fully saturated rings. The summed E-state index contributed by atoms with van der Waals surface area (Å²) in [6.45, 7) is 9.66. The van der Waals surface area contributed by atoms with Crippen molar-refractivity contribution in [1.82, 2.24) is 14.9 Å². The topological polar surface area (TPSA) is 61.0 Å². The summed E-state index contributed by atoms with van der Waals surface area (Å²) >= 11 is 0. The van der Waals surface area contributed by atoms with Gasteiger partial charge in [0.1, 0.15) is 11.6 Å². The Bertz CT molecular complexity index is 469. The summed E-state index contributed by atoms with van der Waals surface area (Å²) in [4.78, 5) is 21.1. The van der Waals surface area contributed by atoms with Gasteiger partial charge in [-0.05, 0) is 32.7 Å². The second-order valence-corrected chi connectivity index (χ2v) is 5.56. The number of anilines is 1. The summed E-state index contributed by atoms with van der Waals surface area (Å²) in [5.74, 6) is 2.09. The van der Waals surface area contributed by atoms with Crippen molar-refractivity contribution in [3.63, 3.8) is 0 Å². The molecule has 19 heavy (non-hydrogen) atoms. The van der Waals surface area contributed by atoms with E-state index >= 15 is 0 Å². The van der Waals surface area contributed by atoms with E-state index in [1.54, 1.807) is 0 Å². The average Bonchev–Trinajstić information content (AvgIpc) is 2.84. The van der Waals surface area contributed by atoms with Crippen LogP contribution in [-0.4, -0.2) is 40.5 Å². The molecule has 1 atom stereocenters. The maximum atomic E-state index is 11.5. The molecule has 106 valence electrons. The van der Waals surface area contributed by atoms with Gasteiger partial charge in [-0.3, -0.25) is 4.79 Å². The normalized spacial score (nSPS) is 20.1. The number of hydrogen-bond acceptors (Lipinski definition) is 4. The van der Waals surface area contributed by atoms with Gasteiger partial charge in [-0.1, -0.05) is 6.92 Å². The van der Waals surface area contributed by atoms with Crippen molar-refractivity contribution >= 4 is 5.82 Å². The molecular weight excluding hydrogens is 240 g/mol. The van der Waals surface area contributed by atoms with Crippen LogP contribution in [0.1, 0.15) is 33.0 Å². The third-order valence-electron chi connectivity index (χ3n) is 3.75. The predicted octanol–water partition coefficient (Wildman–Crippen LogP) is 1.47. The lowest BCUT2D eigenvalue weighted by Crippen LogP contribution is -2.29. The van der Waals surface area contributed by atoms with Crippen LogP contribution in [0.3, 0.4) is 0 Å². The van der Waals surface area contributed by atoms with Gasteiger partial charge < -0.3 is 15.2 Å². The molecule has 1 aromatic heterocycles. The van der Waals surface area contributed by atoms with E-state index in [9.17, 15) is 4.79 Å². The summed E-state index contributed by atoms with van der Waals surface area (Å²) < 4.78 is 0. The number of H-pyrrole nitrogens is 1. The third-order valence-corrected chi connectivity index (χ3v) is 3.75. The van der Waals surface area contributed by atoms with Crippen LogP contribution in [0.2, 0.25) is 0 Å². The minimum atomic E-state index is -0.0791. The van der Waals surface area contributed by atoms with Crippen molar-refractivity contribution in [2.45, 2.75) is 39.7 Å². The monoisotopic (exact) mass is 264 g/mol. The Hall–Kier alpha value is -1.36. The highest BCUT2D eigenvalue weighted by atomic mass is 16.1. The predicted molar refractivity (Wildman–Crippen MR) is 77.5 cm³/mol. The fourth-order valence-corrected chi connectivity index (χ4v) is 2.51. The van der Waals surface area contributed by atoms with E-state index in [0.717, 1.165) is 25.3 Å². The molecule has 2 heterocycles. The third kappa shape index (κ3) is 3.80. The zero-order valence-corrected chi connectivity index (χ0v) is 12.1. The molecule has 0 saturated carbocycles. The van der Waals surface area contributed by atoms with Gasteiger partial charge in [0.15, 0.2) is 0 Å². The molecule has 0 aliphatic carbocycles. The lowest BCUT2D eigenvalue weighted by Gasteiger charge is -2.20. The van der Waals surface area contributed by atoms with Crippen molar-refractivity contribution < 1.29 is 0 Å². The number of hydrogen-bond donors (Lipinski definition) is 2. The summed E-state index contributed by atoms with van der Waals surface area (Å²) in [6.07, 6.45) is 1.96. The molecule has 2 rings (SSSR count). The lowest BCUT2D eigenvalue weighted by atomic mass is 10.1.